The van der Waals surface area contributed by atoms with Crippen LogP contribution in [-0.4, -0.2) is 57.8 Å². The van der Waals surface area contributed by atoms with E-state index in [4.69, 9.17) is 5.11 Å². The maximum absolute atomic E-state index is 7.57. The van der Waals surface area contributed by atoms with Crippen molar-refractivity contribution >= 4 is 46.1 Å². The molecule has 180 valence electrons. The van der Waals surface area contributed by atoms with E-state index in [1.807, 2.05) is 0 Å². The van der Waals surface area contributed by atoms with Crippen LogP contribution < -0.4 is 0 Å². The van der Waals surface area contributed by atoms with Gasteiger partial charge >= 0.3 is 46.1 Å². The molecule has 0 saturated carbocycles. The average Bonchev–Trinajstić information content (AvgIpc) is 2.74. The fraction of sp³-hybridized carbons (Fsp3) is 0.852. The van der Waals surface area contributed by atoms with Gasteiger partial charge in [0.05, 0.1) is 0 Å². The molecule has 0 aromatic heterocycles. The van der Waals surface area contributed by atoms with Crippen molar-refractivity contribution in [2.75, 3.05) is 6.61 Å². The van der Waals surface area contributed by atoms with E-state index < -0.39 is 0 Å². The number of hydrogen-bond donors (Lipinski definition) is 1. The second kappa shape index (κ2) is 86.7. The molecule has 1 nitrogen and oxygen atoms in total. The topological polar surface area (TPSA) is 20.2 Å². The van der Waals surface area contributed by atoms with Gasteiger partial charge in [0, 0.05) is 6.61 Å². The molecule has 0 aromatic rings. The van der Waals surface area contributed by atoms with Crippen LogP contribution in [0.4, 0.5) is 0 Å². The zero-order chi connectivity index (χ0) is 23.3. The van der Waals surface area contributed by atoms with Crippen molar-refractivity contribution in [1.29, 1.82) is 0 Å². The largest absolute Gasteiger partial charge is 2.00 e. The van der Waals surface area contributed by atoms with E-state index in [2.05, 4.69) is 62.3 Å². The Morgan fingerprint density at radius 1 is 0.433 bits per heavy atom. The molecular formula is C27H62Mg2O. The molecule has 0 spiro atoms. The predicted octanol–water partition coefficient (Wildman–Crippen LogP) is 9.48. The van der Waals surface area contributed by atoms with Crippen LogP contribution in [0.2, 0.25) is 0 Å². The Labute approximate surface area is 229 Å². The van der Waals surface area contributed by atoms with Crippen LogP contribution in [0.1, 0.15) is 145 Å². The minimum atomic E-state index is 0. The minimum Gasteiger partial charge on any atom is -0.397 e. The van der Waals surface area contributed by atoms with Gasteiger partial charge in [-0.15, -0.1) is 0 Å². The Hall–Kier alpha value is 1.49. The van der Waals surface area contributed by atoms with Crippen LogP contribution in [0.15, 0.2) is 0 Å². The molecule has 0 aliphatic rings. The van der Waals surface area contributed by atoms with Crippen molar-refractivity contribution in [1.82, 2.24) is 0 Å². The van der Waals surface area contributed by atoms with E-state index in [9.17, 15) is 0 Å². The number of rotatable bonds is 11. The van der Waals surface area contributed by atoms with Crippen molar-refractivity contribution in [3.05, 3.63) is 27.7 Å². The van der Waals surface area contributed by atoms with Gasteiger partial charge in [-0.1, -0.05) is 112 Å². The van der Waals surface area contributed by atoms with E-state index in [-0.39, 0.29) is 52.7 Å². The molecule has 0 bridgehead atoms. The fourth-order valence-electron chi connectivity index (χ4n) is 1.46. The molecule has 0 fully saturated rings. The van der Waals surface area contributed by atoms with Crippen LogP contribution >= 0.6 is 0 Å². The van der Waals surface area contributed by atoms with Gasteiger partial charge < -0.3 is 32.8 Å². The third kappa shape index (κ3) is 153. The fourth-order valence-corrected chi connectivity index (χ4v) is 1.46. The Bertz CT molecular complexity index is 127. The smallest absolute Gasteiger partial charge is 0.397 e. The molecule has 30 heavy (non-hydrogen) atoms. The minimum absolute atomic E-state index is 0. The summed E-state index contributed by atoms with van der Waals surface area (Å²) in [6.45, 7) is 28.9. The maximum Gasteiger partial charge on any atom is 2.00 e. The van der Waals surface area contributed by atoms with Crippen molar-refractivity contribution in [3.63, 3.8) is 0 Å². The van der Waals surface area contributed by atoms with Gasteiger partial charge in [0.1, 0.15) is 0 Å². The summed E-state index contributed by atoms with van der Waals surface area (Å²) >= 11 is 0. The maximum atomic E-state index is 7.57. The normalized spacial score (nSPS) is 7.60. The third-order valence-corrected chi connectivity index (χ3v) is 3.27. The first kappa shape index (κ1) is 53.1. The zero-order valence-electron chi connectivity index (χ0n) is 23.0. The quantitative estimate of drug-likeness (QED) is 0.188. The SMILES string of the molecule is CCCCCCC.CCO.[CH2-]C.[CH2-]CCC.[CH2-]CCC.[CH2-]CCCCCCC.[Mg+2].[Mg+2]. The first-order chi connectivity index (χ1) is 13.6. The van der Waals surface area contributed by atoms with E-state index in [1.165, 1.54) is 77.0 Å². The van der Waals surface area contributed by atoms with Crippen molar-refractivity contribution in [2.45, 2.75) is 145 Å². The Kier molecular flexibility index (Phi) is 153. The molecule has 0 unspecified atom stereocenters. The van der Waals surface area contributed by atoms with Crippen LogP contribution in [0.3, 0.4) is 0 Å². The van der Waals surface area contributed by atoms with Gasteiger partial charge in [-0.25, -0.2) is 0 Å². The molecule has 0 atom stereocenters. The van der Waals surface area contributed by atoms with E-state index in [0.29, 0.717) is 0 Å². The predicted molar refractivity (Wildman–Crippen MR) is 149 cm³/mol. The Balaban J connectivity index is -0.0000000337. The molecule has 0 aromatic carbocycles. The Morgan fingerprint density at radius 3 is 0.800 bits per heavy atom. The van der Waals surface area contributed by atoms with Crippen molar-refractivity contribution in [2.24, 2.45) is 0 Å². The number of aliphatic hydroxyl groups is 1. The summed E-state index contributed by atoms with van der Waals surface area (Å²) in [6.07, 6.45) is 19.5. The van der Waals surface area contributed by atoms with E-state index in [1.54, 1.807) is 13.8 Å². The van der Waals surface area contributed by atoms with Gasteiger partial charge in [0.15, 0.2) is 0 Å². The molecular weight excluding hydrogens is 389 g/mol. The molecule has 0 heterocycles. The number of hydrogen-bond acceptors (Lipinski definition) is 1. The standard InChI is InChI=1S/C8H17.C7H16.2C4H9.C2H6O.C2H5.2Mg/c1-3-5-7-8-6-4-2;1-3-5-7-6-4-2;2*1-3-4-2;1-2-3;1-2;;/h1,3-8H2,2H3;3-7H2,1-2H3;2*1,3-4H2,2H3;3H,2H2,1H3;1H2,2H3;;/q-1;;2*-1;;-1;2*+2. The summed E-state index contributed by atoms with van der Waals surface area (Å²) in [5.41, 5.74) is 0. The van der Waals surface area contributed by atoms with Gasteiger partial charge in [0.25, 0.3) is 0 Å². The molecule has 0 saturated heterocycles. The number of unbranched alkanes of at least 4 members (excludes halogenated alkanes) is 11. The molecule has 0 rings (SSSR count). The number of aliphatic hydroxyl groups excluding tert-OH is 1. The molecule has 1 N–H and O–H groups in total. The van der Waals surface area contributed by atoms with Crippen LogP contribution in [-0.2, 0) is 0 Å². The third-order valence-electron chi connectivity index (χ3n) is 3.27. The molecule has 0 amide bonds. The molecule has 3 heteroatoms. The van der Waals surface area contributed by atoms with Crippen LogP contribution in [0.5, 0.6) is 0 Å². The summed E-state index contributed by atoms with van der Waals surface area (Å²) in [6, 6.07) is 0. The molecule has 0 aliphatic carbocycles. The summed E-state index contributed by atoms with van der Waals surface area (Å²) in [4.78, 5) is 0. The summed E-state index contributed by atoms with van der Waals surface area (Å²) in [5.74, 6) is 0. The van der Waals surface area contributed by atoms with Crippen molar-refractivity contribution in [3.8, 4) is 0 Å². The van der Waals surface area contributed by atoms with Gasteiger partial charge in [-0.05, 0) is 6.92 Å². The van der Waals surface area contributed by atoms with Crippen LogP contribution in [0.25, 0.3) is 0 Å². The van der Waals surface area contributed by atoms with E-state index in [0.717, 1.165) is 19.3 Å². The average molecular weight is 451 g/mol. The molecule has 0 aliphatic heterocycles. The monoisotopic (exact) mass is 450 g/mol. The first-order valence-corrected chi connectivity index (χ1v) is 12.3. The van der Waals surface area contributed by atoms with Crippen LogP contribution in [0, 0.1) is 27.7 Å². The van der Waals surface area contributed by atoms with Gasteiger partial charge in [-0.2, -0.15) is 26.2 Å². The molecule has 0 radical (unpaired) electrons. The first-order valence-electron chi connectivity index (χ1n) is 12.3. The summed E-state index contributed by atoms with van der Waals surface area (Å²) in [7, 11) is 0. The van der Waals surface area contributed by atoms with E-state index >= 15 is 0 Å². The Morgan fingerprint density at radius 2 is 0.633 bits per heavy atom. The summed E-state index contributed by atoms with van der Waals surface area (Å²) in [5, 5.41) is 7.57. The second-order valence-corrected chi connectivity index (χ2v) is 6.35. The van der Waals surface area contributed by atoms with Gasteiger partial charge in [0.2, 0.25) is 0 Å². The van der Waals surface area contributed by atoms with Gasteiger partial charge in [-0.3, -0.25) is 0 Å². The summed E-state index contributed by atoms with van der Waals surface area (Å²) < 4.78 is 0. The van der Waals surface area contributed by atoms with Crippen molar-refractivity contribution < 1.29 is 5.11 Å². The second-order valence-electron chi connectivity index (χ2n) is 6.35. The zero-order valence-corrected chi connectivity index (χ0v) is 25.8.